The highest BCUT2D eigenvalue weighted by molar-refractivity contribution is 6.00. The molecule has 1 fully saturated rings. The molecule has 0 spiro atoms. The van der Waals surface area contributed by atoms with E-state index in [1.165, 1.54) is 11.9 Å². The van der Waals surface area contributed by atoms with Crippen LogP contribution in [0.2, 0.25) is 0 Å². The van der Waals surface area contributed by atoms with Crippen molar-refractivity contribution in [2.45, 2.75) is 31.8 Å². The molecule has 1 aromatic rings. The number of piperidine rings is 1. The molecular formula is C12H18N4O2. The topological polar surface area (TPSA) is 67.2 Å². The Kier molecular flexibility index (Phi) is 3.47. The average Bonchev–Trinajstić information content (AvgIpc) is 2.77. The molecule has 2 unspecified atom stereocenters. The molecular weight excluding hydrogens is 232 g/mol. The van der Waals surface area contributed by atoms with Crippen molar-refractivity contribution in [3.8, 4) is 0 Å². The van der Waals surface area contributed by atoms with E-state index in [1.54, 1.807) is 10.9 Å². The standard InChI is InChI=1S/C12H18N4O2/c1-8(9-6-13-15(2)7-9)14-10-4-5-11(17)16(3)12(10)18/h6-8,10,14H,4-5H2,1-3H3. The second kappa shape index (κ2) is 4.89. The summed E-state index contributed by atoms with van der Waals surface area (Å²) >= 11 is 0. The molecule has 0 aliphatic carbocycles. The molecule has 0 aromatic carbocycles. The van der Waals surface area contributed by atoms with Crippen LogP contribution in [0.25, 0.3) is 0 Å². The number of rotatable bonds is 3. The molecule has 1 aliphatic heterocycles. The number of amides is 2. The zero-order valence-electron chi connectivity index (χ0n) is 10.9. The summed E-state index contributed by atoms with van der Waals surface area (Å²) in [6.07, 6.45) is 4.67. The van der Waals surface area contributed by atoms with Gasteiger partial charge in [-0.15, -0.1) is 0 Å². The van der Waals surface area contributed by atoms with Gasteiger partial charge in [-0.1, -0.05) is 0 Å². The Morgan fingerprint density at radius 1 is 1.44 bits per heavy atom. The Morgan fingerprint density at radius 2 is 2.17 bits per heavy atom. The van der Waals surface area contributed by atoms with E-state index < -0.39 is 0 Å². The van der Waals surface area contributed by atoms with Crippen LogP contribution in [0.3, 0.4) is 0 Å². The number of likely N-dealkylation sites (N-methyl/N-ethyl adjacent to an activating group) is 1. The molecule has 1 aromatic heterocycles. The fourth-order valence-corrected chi connectivity index (χ4v) is 2.13. The van der Waals surface area contributed by atoms with Crippen LogP contribution in [0.4, 0.5) is 0 Å². The van der Waals surface area contributed by atoms with E-state index in [9.17, 15) is 9.59 Å². The third-order valence-electron chi connectivity index (χ3n) is 3.33. The lowest BCUT2D eigenvalue weighted by molar-refractivity contribution is -0.148. The summed E-state index contributed by atoms with van der Waals surface area (Å²) in [6, 6.07) is -0.253. The summed E-state index contributed by atoms with van der Waals surface area (Å²) in [4.78, 5) is 24.5. The molecule has 18 heavy (non-hydrogen) atoms. The molecule has 0 bridgehead atoms. The lowest BCUT2D eigenvalue weighted by Gasteiger charge is -2.30. The summed E-state index contributed by atoms with van der Waals surface area (Å²) in [5.41, 5.74) is 1.03. The van der Waals surface area contributed by atoms with E-state index in [0.717, 1.165) is 5.56 Å². The van der Waals surface area contributed by atoms with E-state index in [-0.39, 0.29) is 23.9 Å². The Hall–Kier alpha value is -1.69. The minimum Gasteiger partial charge on any atom is -0.299 e. The Bertz CT molecular complexity index is 468. The van der Waals surface area contributed by atoms with Crippen LogP contribution >= 0.6 is 0 Å². The van der Waals surface area contributed by atoms with E-state index in [0.29, 0.717) is 12.8 Å². The van der Waals surface area contributed by atoms with Crippen LogP contribution in [0.5, 0.6) is 0 Å². The lowest BCUT2D eigenvalue weighted by Crippen LogP contribution is -2.51. The number of aromatic nitrogens is 2. The Balaban J connectivity index is 2.01. The minimum atomic E-state index is -0.289. The van der Waals surface area contributed by atoms with Gasteiger partial charge in [0, 0.05) is 38.3 Å². The summed E-state index contributed by atoms with van der Waals surface area (Å²) in [6.45, 7) is 1.99. The molecule has 98 valence electrons. The van der Waals surface area contributed by atoms with Crippen LogP contribution in [0.1, 0.15) is 31.4 Å². The number of hydrogen-bond donors (Lipinski definition) is 1. The molecule has 1 saturated heterocycles. The van der Waals surface area contributed by atoms with Gasteiger partial charge in [-0.2, -0.15) is 5.10 Å². The summed E-state index contributed by atoms with van der Waals surface area (Å²) in [7, 11) is 3.39. The molecule has 2 atom stereocenters. The first-order chi connectivity index (χ1) is 8.49. The van der Waals surface area contributed by atoms with Crippen molar-refractivity contribution in [1.29, 1.82) is 0 Å². The minimum absolute atomic E-state index is 0.0363. The number of hydrogen-bond acceptors (Lipinski definition) is 4. The first-order valence-electron chi connectivity index (χ1n) is 6.04. The van der Waals surface area contributed by atoms with Crippen LogP contribution in [0, 0.1) is 0 Å². The summed E-state index contributed by atoms with van der Waals surface area (Å²) in [5, 5.41) is 7.36. The third kappa shape index (κ3) is 2.43. The maximum atomic E-state index is 11.9. The van der Waals surface area contributed by atoms with Gasteiger partial charge in [0.05, 0.1) is 12.2 Å². The molecule has 1 N–H and O–H groups in total. The lowest BCUT2D eigenvalue weighted by atomic mass is 10.0. The number of carbonyl (C=O) groups is 2. The van der Waals surface area contributed by atoms with Gasteiger partial charge in [-0.25, -0.2) is 0 Å². The predicted molar refractivity (Wildman–Crippen MR) is 65.6 cm³/mol. The highest BCUT2D eigenvalue weighted by atomic mass is 16.2. The van der Waals surface area contributed by atoms with Gasteiger partial charge in [-0.3, -0.25) is 24.5 Å². The smallest absolute Gasteiger partial charge is 0.246 e. The van der Waals surface area contributed by atoms with Crippen molar-refractivity contribution < 1.29 is 9.59 Å². The van der Waals surface area contributed by atoms with Gasteiger partial charge in [0.15, 0.2) is 0 Å². The SMILES string of the molecule is CC(NC1CCC(=O)N(C)C1=O)c1cnn(C)c1. The van der Waals surface area contributed by atoms with Crippen molar-refractivity contribution >= 4 is 11.8 Å². The zero-order valence-corrected chi connectivity index (χ0v) is 10.9. The van der Waals surface area contributed by atoms with Gasteiger partial charge in [0.25, 0.3) is 0 Å². The predicted octanol–water partition coefficient (Wildman–Crippen LogP) is 0.218. The Morgan fingerprint density at radius 3 is 2.78 bits per heavy atom. The first-order valence-corrected chi connectivity index (χ1v) is 6.04. The van der Waals surface area contributed by atoms with Crippen molar-refractivity contribution in [1.82, 2.24) is 20.0 Å². The van der Waals surface area contributed by atoms with Crippen molar-refractivity contribution in [3.05, 3.63) is 18.0 Å². The highest BCUT2D eigenvalue weighted by Crippen LogP contribution is 2.17. The summed E-state index contributed by atoms with van der Waals surface area (Å²) in [5.74, 6) is -0.255. The molecule has 2 amide bonds. The van der Waals surface area contributed by atoms with Gasteiger partial charge in [0.2, 0.25) is 11.8 Å². The quantitative estimate of drug-likeness (QED) is 0.779. The van der Waals surface area contributed by atoms with E-state index in [2.05, 4.69) is 10.4 Å². The largest absolute Gasteiger partial charge is 0.299 e. The fourth-order valence-electron chi connectivity index (χ4n) is 2.13. The van der Waals surface area contributed by atoms with E-state index >= 15 is 0 Å². The van der Waals surface area contributed by atoms with Gasteiger partial charge < -0.3 is 0 Å². The van der Waals surface area contributed by atoms with Crippen LogP contribution in [-0.2, 0) is 16.6 Å². The van der Waals surface area contributed by atoms with E-state index in [1.807, 2.05) is 20.2 Å². The number of nitrogens with one attached hydrogen (secondary N) is 1. The van der Waals surface area contributed by atoms with Gasteiger partial charge >= 0.3 is 0 Å². The highest BCUT2D eigenvalue weighted by Gasteiger charge is 2.32. The molecule has 6 heteroatoms. The summed E-state index contributed by atoms with van der Waals surface area (Å²) < 4.78 is 1.73. The molecule has 2 rings (SSSR count). The van der Waals surface area contributed by atoms with Gasteiger partial charge in [0.1, 0.15) is 0 Å². The molecule has 0 saturated carbocycles. The zero-order chi connectivity index (χ0) is 13.3. The maximum Gasteiger partial charge on any atom is 0.246 e. The number of carbonyl (C=O) groups excluding carboxylic acids is 2. The van der Waals surface area contributed by atoms with Crippen LogP contribution < -0.4 is 5.32 Å². The van der Waals surface area contributed by atoms with Crippen molar-refractivity contribution in [2.75, 3.05) is 7.05 Å². The number of imide groups is 1. The average molecular weight is 250 g/mol. The van der Waals surface area contributed by atoms with E-state index in [4.69, 9.17) is 0 Å². The molecule has 1 aliphatic rings. The van der Waals surface area contributed by atoms with Crippen molar-refractivity contribution in [2.24, 2.45) is 7.05 Å². The molecule has 2 heterocycles. The van der Waals surface area contributed by atoms with Gasteiger partial charge in [-0.05, 0) is 13.3 Å². The monoisotopic (exact) mass is 250 g/mol. The number of likely N-dealkylation sites (tertiary alicyclic amines) is 1. The molecule has 6 nitrogen and oxygen atoms in total. The number of nitrogens with zero attached hydrogens (tertiary/aromatic N) is 3. The number of aryl methyl sites for hydroxylation is 1. The molecule has 0 radical (unpaired) electrons. The second-order valence-electron chi connectivity index (χ2n) is 4.72. The fraction of sp³-hybridized carbons (Fsp3) is 0.583. The first kappa shape index (κ1) is 12.8. The second-order valence-corrected chi connectivity index (χ2v) is 4.72. The van der Waals surface area contributed by atoms with Crippen LogP contribution in [-0.4, -0.2) is 39.6 Å². The Labute approximate surface area is 106 Å². The van der Waals surface area contributed by atoms with Crippen molar-refractivity contribution in [3.63, 3.8) is 0 Å². The maximum absolute atomic E-state index is 11.9. The normalized spacial score (nSPS) is 22.4. The van der Waals surface area contributed by atoms with Crippen LogP contribution in [0.15, 0.2) is 12.4 Å². The third-order valence-corrected chi connectivity index (χ3v) is 3.33.